The molecule has 112 valence electrons. The summed E-state index contributed by atoms with van der Waals surface area (Å²) in [6.07, 6.45) is 1.86. The Labute approximate surface area is 127 Å². The van der Waals surface area contributed by atoms with Gasteiger partial charge in [0.1, 0.15) is 5.69 Å². The second-order valence-corrected chi connectivity index (χ2v) is 6.61. The standard InChI is InChI=1S/C17H24N4/c1-11-7-12(2)15(18-9-11)16-20-13(3)8-14(21-16)10-19-17(4,5)6/h7-9,19H,10H2,1-6H3. The van der Waals surface area contributed by atoms with Crippen molar-refractivity contribution in [2.45, 2.75) is 53.6 Å². The number of hydrogen-bond acceptors (Lipinski definition) is 4. The molecule has 0 amide bonds. The van der Waals surface area contributed by atoms with Crippen LogP contribution in [0.4, 0.5) is 0 Å². The van der Waals surface area contributed by atoms with Crippen molar-refractivity contribution >= 4 is 0 Å². The van der Waals surface area contributed by atoms with Gasteiger partial charge in [0.25, 0.3) is 0 Å². The van der Waals surface area contributed by atoms with Crippen molar-refractivity contribution in [2.24, 2.45) is 0 Å². The molecule has 2 aromatic heterocycles. The minimum Gasteiger partial charge on any atom is -0.306 e. The van der Waals surface area contributed by atoms with Crippen LogP contribution in [-0.2, 0) is 6.54 Å². The summed E-state index contributed by atoms with van der Waals surface area (Å²) in [6, 6.07) is 4.13. The monoisotopic (exact) mass is 284 g/mol. The molecular formula is C17H24N4. The minimum absolute atomic E-state index is 0.0665. The van der Waals surface area contributed by atoms with Crippen molar-refractivity contribution in [1.29, 1.82) is 0 Å². The smallest absolute Gasteiger partial charge is 0.178 e. The summed E-state index contributed by atoms with van der Waals surface area (Å²) in [5.74, 6) is 0.707. The first kappa shape index (κ1) is 15.6. The number of aryl methyl sites for hydroxylation is 3. The van der Waals surface area contributed by atoms with Crippen LogP contribution in [0.25, 0.3) is 11.5 Å². The van der Waals surface area contributed by atoms with Gasteiger partial charge in [0.05, 0.1) is 5.69 Å². The fourth-order valence-corrected chi connectivity index (χ4v) is 2.14. The van der Waals surface area contributed by atoms with E-state index in [9.17, 15) is 0 Å². The fraction of sp³-hybridized carbons (Fsp3) is 0.471. The highest BCUT2D eigenvalue weighted by Crippen LogP contribution is 2.19. The van der Waals surface area contributed by atoms with Gasteiger partial charge in [-0.2, -0.15) is 0 Å². The fourth-order valence-electron chi connectivity index (χ4n) is 2.14. The molecule has 0 aliphatic rings. The molecule has 2 heterocycles. The van der Waals surface area contributed by atoms with E-state index in [1.54, 1.807) is 0 Å². The quantitative estimate of drug-likeness (QED) is 0.939. The van der Waals surface area contributed by atoms with Crippen LogP contribution < -0.4 is 5.32 Å². The van der Waals surface area contributed by atoms with Gasteiger partial charge in [0, 0.05) is 24.0 Å². The molecule has 0 atom stereocenters. The third-order valence-corrected chi connectivity index (χ3v) is 3.13. The van der Waals surface area contributed by atoms with Crippen molar-refractivity contribution in [3.05, 3.63) is 40.8 Å². The third-order valence-electron chi connectivity index (χ3n) is 3.13. The minimum atomic E-state index is 0.0665. The molecule has 0 radical (unpaired) electrons. The van der Waals surface area contributed by atoms with E-state index >= 15 is 0 Å². The average Bonchev–Trinajstić information content (AvgIpc) is 2.35. The van der Waals surface area contributed by atoms with Crippen LogP contribution in [0.5, 0.6) is 0 Å². The van der Waals surface area contributed by atoms with E-state index in [4.69, 9.17) is 0 Å². The number of pyridine rings is 1. The molecule has 4 heteroatoms. The molecule has 0 aromatic carbocycles. The number of nitrogens with one attached hydrogen (secondary N) is 1. The molecule has 0 aliphatic heterocycles. The highest BCUT2D eigenvalue weighted by atomic mass is 15.0. The SMILES string of the molecule is Cc1cnc(-c2nc(C)cc(CNC(C)(C)C)n2)c(C)c1. The second-order valence-electron chi connectivity index (χ2n) is 6.61. The summed E-state index contributed by atoms with van der Waals surface area (Å²) in [6.45, 7) is 13.3. The Morgan fingerprint density at radius 1 is 1.05 bits per heavy atom. The maximum Gasteiger partial charge on any atom is 0.178 e. The zero-order valence-corrected chi connectivity index (χ0v) is 13.8. The zero-order valence-electron chi connectivity index (χ0n) is 13.8. The van der Waals surface area contributed by atoms with E-state index in [0.29, 0.717) is 5.82 Å². The Bertz CT molecular complexity index is 642. The topological polar surface area (TPSA) is 50.7 Å². The third kappa shape index (κ3) is 4.33. The first-order valence-corrected chi connectivity index (χ1v) is 7.28. The van der Waals surface area contributed by atoms with Gasteiger partial charge in [0.15, 0.2) is 5.82 Å². The zero-order chi connectivity index (χ0) is 15.6. The van der Waals surface area contributed by atoms with Gasteiger partial charge >= 0.3 is 0 Å². The Morgan fingerprint density at radius 3 is 2.38 bits per heavy atom. The Morgan fingerprint density at radius 2 is 1.76 bits per heavy atom. The number of nitrogens with zero attached hydrogens (tertiary/aromatic N) is 3. The van der Waals surface area contributed by atoms with E-state index in [1.165, 1.54) is 0 Å². The van der Waals surface area contributed by atoms with Gasteiger partial charge in [-0.25, -0.2) is 9.97 Å². The summed E-state index contributed by atoms with van der Waals surface area (Å²) in [5.41, 5.74) is 5.15. The van der Waals surface area contributed by atoms with Crippen LogP contribution in [0.15, 0.2) is 18.3 Å². The van der Waals surface area contributed by atoms with Crippen LogP contribution in [0, 0.1) is 20.8 Å². The molecule has 0 aliphatic carbocycles. The molecule has 0 spiro atoms. The second kappa shape index (κ2) is 5.90. The first-order chi connectivity index (χ1) is 9.74. The van der Waals surface area contributed by atoms with Crippen molar-refractivity contribution in [3.63, 3.8) is 0 Å². The lowest BCUT2D eigenvalue weighted by molar-refractivity contribution is 0.421. The summed E-state index contributed by atoms with van der Waals surface area (Å²) in [5, 5.41) is 3.46. The first-order valence-electron chi connectivity index (χ1n) is 7.28. The largest absolute Gasteiger partial charge is 0.306 e. The summed E-state index contributed by atoms with van der Waals surface area (Å²) in [4.78, 5) is 13.7. The van der Waals surface area contributed by atoms with Gasteiger partial charge < -0.3 is 5.32 Å². The summed E-state index contributed by atoms with van der Waals surface area (Å²) >= 11 is 0. The maximum absolute atomic E-state index is 4.66. The van der Waals surface area contributed by atoms with E-state index < -0.39 is 0 Å². The molecule has 21 heavy (non-hydrogen) atoms. The van der Waals surface area contributed by atoms with E-state index in [-0.39, 0.29) is 5.54 Å². The molecule has 0 fully saturated rings. The highest BCUT2D eigenvalue weighted by molar-refractivity contribution is 5.55. The molecule has 2 aromatic rings. The summed E-state index contributed by atoms with van der Waals surface area (Å²) < 4.78 is 0. The highest BCUT2D eigenvalue weighted by Gasteiger charge is 2.12. The lowest BCUT2D eigenvalue weighted by Crippen LogP contribution is -2.35. The molecule has 0 saturated carbocycles. The molecule has 4 nitrogen and oxygen atoms in total. The van der Waals surface area contributed by atoms with Crippen molar-refractivity contribution in [3.8, 4) is 11.5 Å². The van der Waals surface area contributed by atoms with Gasteiger partial charge in [-0.15, -0.1) is 0 Å². The van der Waals surface area contributed by atoms with Crippen molar-refractivity contribution in [2.75, 3.05) is 0 Å². The van der Waals surface area contributed by atoms with Crippen molar-refractivity contribution < 1.29 is 0 Å². The van der Waals surface area contributed by atoms with Crippen LogP contribution in [-0.4, -0.2) is 20.5 Å². The predicted molar refractivity (Wildman–Crippen MR) is 86.1 cm³/mol. The van der Waals surface area contributed by atoms with Gasteiger partial charge in [-0.05, 0) is 58.7 Å². The molecule has 2 rings (SSSR count). The molecular weight excluding hydrogens is 260 g/mol. The molecule has 0 saturated heterocycles. The predicted octanol–water partition coefficient (Wildman–Crippen LogP) is 3.35. The summed E-state index contributed by atoms with van der Waals surface area (Å²) in [7, 11) is 0. The number of aromatic nitrogens is 3. The normalized spacial score (nSPS) is 11.7. The average molecular weight is 284 g/mol. The number of hydrogen-bond donors (Lipinski definition) is 1. The Kier molecular flexibility index (Phi) is 4.37. The lowest BCUT2D eigenvalue weighted by atomic mass is 10.1. The number of rotatable bonds is 3. The van der Waals surface area contributed by atoms with Crippen LogP contribution in [0.1, 0.15) is 43.3 Å². The Balaban J connectivity index is 2.34. The van der Waals surface area contributed by atoms with E-state index in [0.717, 1.165) is 34.8 Å². The van der Waals surface area contributed by atoms with Gasteiger partial charge in [-0.1, -0.05) is 6.07 Å². The lowest BCUT2D eigenvalue weighted by Gasteiger charge is -2.20. The van der Waals surface area contributed by atoms with Crippen LogP contribution in [0.3, 0.4) is 0 Å². The Hall–Kier alpha value is -1.81. The van der Waals surface area contributed by atoms with Gasteiger partial charge in [0.2, 0.25) is 0 Å². The molecule has 0 unspecified atom stereocenters. The van der Waals surface area contributed by atoms with E-state index in [1.807, 2.05) is 33.0 Å². The van der Waals surface area contributed by atoms with E-state index in [2.05, 4.69) is 47.1 Å². The van der Waals surface area contributed by atoms with Gasteiger partial charge in [-0.3, -0.25) is 4.98 Å². The van der Waals surface area contributed by atoms with Crippen LogP contribution in [0.2, 0.25) is 0 Å². The van der Waals surface area contributed by atoms with Crippen LogP contribution >= 0.6 is 0 Å². The molecule has 0 bridgehead atoms. The molecule has 1 N–H and O–H groups in total. The van der Waals surface area contributed by atoms with Crippen molar-refractivity contribution in [1.82, 2.24) is 20.3 Å². The maximum atomic E-state index is 4.66.